The van der Waals surface area contributed by atoms with E-state index in [1.165, 1.54) is 16.7 Å². The molecule has 0 aliphatic heterocycles. The first-order chi connectivity index (χ1) is 8.06. The van der Waals surface area contributed by atoms with Crippen molar-refractivity contribution < 1.29 is 4.79 Å². The van der Waals surface area contributed by atoms with Gasteiger partial charge in [0.25, 0.3) is 0 Å². The van der Waals surface area contributed by atoms with Crippen molar-refractivity contribution >= 4 is 5.91 Å². The number of carbonyl (C=O) groups is 1. The first kappa shape index (κ1) is 12.1. The average molecular weight is 232 g/mol. The molecule has 0 bridgehead atoms. The summed E-state index contributed by atoms with van der Waals surface area (Å²) in [5.74, 6) is -0.243. The second-order valence-corrected chi connectivity index (χ2v) is 5.03. The van der Waals surface area contributed by atoms with E-state index in [0.717, 1.165) is 12.8 Å². The second kappa shape index (κ2) is 4.88. The Morgan fingerprint density at radius 1 is 1.59 bits per heavy atom. The van der Waals surface area contributed by atoms with E-state index < -0.39 is 0 Å². The van der Waals surface area contributed by atoms with Gasteiger partial charge >= 0.3 is 0 Å². The fourth-order valence-corrected chi connectivity index (χ4v) is 2.60. The molecule has 2 rings (SSSR count). The smallest absolute Gasteiger partial charge is 0.218 e. The van der Waals surface area contributed by atoms with Crippen LogP contribution in [0.3, 0.4) is 0 Å². The van der Waals surface area contributed by atoms with E-state index in [-0.39, 0.29) is 11.9 Å². The average Bonchev–Trinajstić information content (AvgIpc) is 2.60. The summed E-state index contributed by atoms with van der Waals surface area (Å²) < 4.78 is 0. The Morgan fingerprint density at radius 3 is 3.06 bits per heavy atom. The van der Waals surface area contributed by atoms with E-state index >= 15 is 0 Å². The number of hydrogen-bond donors (Lipinski definition) is 2. The van der Waals surface area contributed by atoms with Crippen molar-refractivity contribution in [3.8, 4) is 0 Å². The number of fused-ring (bicyclic) bond motifs is 1. The number of hydrogen-bond acceptors (Lipinski definition) is 2. The van der Waals surface area contributed by atoms with Gasteiger partial charge in [-0.15, -0.1) is 0 Å². The minimum absolute atomic E-state index is 0.143. The molecule has 92 valence electrons. The van der Waals surface area contributed by atoms with E-state index in [9.17, 15) is 4.79 Å². The van der Waals surface area contributed by atoms with Crippen molar-refractivity contribution in [3.05, 3.63) is 34.9 Å². The maximum absolute atomic E-state index is 10.9. The first-order valence-corrected chi connectivity index (χ1v) is 6.20. The van der Waals surface area contributed by atoms with Crippen LogP contribution in [0.5, 0.6) is 0 Å². The minimum Gasteiger partial charge on any atom is -0.370 e. The van der Waals surface area contributed by atoms with E-state index in [2.05, 4.69) is 30.4 Å². The number of amides is 1. The predicted molar refractivity (Wildman–Crippen MR) is 68.7 cm³/mol. The normalized spacial score (nSPS) is 20.0. The molecule has 1 aromatic carbocycles. The van der Waals surface area contributed by atoms with Crippen LogP contribution < -0.4 is 11.1 Å². The molecule has 17 heavy (non-hydrogen) atoms. The molecule has 0 saturated heterocycles. The number of rotatable bonds is 4. The standard InChI is InChI=1S/C14H20N2O/c1-9-3-4-11-5-6-13(12(11)7-9)16-10(2)8-14(15)17/h3-4,7,10,13,16H,5-6,8H2,1-2H3,(H2,15,17). The van der Waals surface area contributed by atoms with Gasteiger partial charge in [0, 0.05) is 18.5 Å². The molecule has 2 atom stereocenters. The maximum atomic E-state index is 10.9. The minimum atomic E-state index is -0.243. The van der Waals surface area contributed by atoms with Gasteiger partial charge in [-0.25, -0.2) is 0 Å². The van der Waals surface area contributed by atoms with Crippen molar-refractivity contribution in [2.45, 2.75) is 45.2 Å². The largest absolute Gasteiger partial charge is 0.370 e. The quantitative estimate of drug-likeness (QED) is 0.832. The topological polar surface area (TPSA) is 55.1 Å². The van der Waals surface area contributed by atoms with Gasteiger partial charge in [0.1, 0.15) is 0 Å². The molecule has 0 heterocycles. The van der Waals surface area contributed by atoms with Crippen LogP contribution in [0.25, 0.3) is 0 Å². The molecule has 0 fully saturated rings. The Bertz CT molecular complexity index is 428. The molecular weight excluding hydrogens is 212 g/mol. The number of nitrogens with two attached hydrogens (primary N) is 1. The molecule has 0 radical (unpaired) electrons. The predicted octanol–water partition coefficient (Wildman–Crippen LogP) is 1.84. The Morgan fingerprint density at radius 2 is 2.35 bits per heavy atom. The van der Waals surface area contributed by atoms with Crippen molar-refractivity contribution in [2.24, 2.45) is 5.73 Å². The van der Waals surface area contributed by atoms with Crippen LogP contribution in [0, 0.1) is 6.92 Å². The van der Waals surface area contributed by atoms with Crippen molar-refractivity contribution in [3.63, 3.8) is 0 Å². The molecule has 1 aliphatic carbocycles. The molecular formula is C14H20N2O. The molecule has 3 N–H and O–H groups in total. The third kappa shape index (κ3) is 2.86. The summed E-state index contributed by atoms with van der Waals surface area (Å²) in [5, 5.41) is 3.49. The third-order valence-corrected chi connectivity index (χ3v) is 3.37. The Kier molecular flexibility index (Phi) is 3.48. The number of benzene rings is 1. The zero-order chi connectivity index (χ0) is 12.4. The van der Waals surface area contributed by atoms with Gasteiger partial charge in [0.15, 0.2) is 0 Å². The molecule has 0 spiro atoms. The van der Waals surface area contributed by atoms with Crippen LogP contribution in [0.1, 0.15) is 42.5 Å². The second-order valence-electron chi connectivity index (χ2n) is 5.03. The summed E-state index contributed by atoms with van der Waals surface area (Å²) in [4.78, 5) is 10.9. The first-order valence-electron chi connectivity index (χ1n) is 6.20. The lowest BCUT2D eigenvalue weighted by molar-refractivity contribution is -0.118. The number of carbonyl (C=O) groups excluding carboxylic acids is 1. The van der Waals surface area contributed by atoms with Gasteiger partial charge in [-0.1, -0.05) is 23.8 Å². The molecule has 2 unspecified atom stereocenters. The molecule has 0 aromatic heterocycles. The van der Waals surface area contributed by atoms with Crippen molar-refractivity contribution in [1.29, 1.82) is 0 Å². The lowest BCUT2D eigenvalue weighted by Gasteiger charge is -2.19. The van der Waals surface area contributed by atoms with Gasteiger partial charge < -0.3 is 11.1 Å². The van der Waals surface area contributed by atoms with Gasteiger partial charge in [0.2, 0.25) is 5.91 Å². The Hall–Kier alpha value is -1.35. The molecule has 1 aliphatic rings. The SMILES string of the molecule is Cc1ccc2c(c1)C(NC(C)CC(N)=O)CC2. The number of primary amides is 1. The monoisotopic (exact) mass is 232 g/mol. The summed E-state index contributed by atoms with van der Waals surface area (Å²) in [6.45, 7) is 4.13. The van der Waals surface area contributed by atoms with Crippen molar-refractivity contribution in [1.82, 2.24) is 5.32 Å². The van der Waals surface area contributed by atoms with Crippen LogP contribution >= 0.6 is 0 Å². The number of aryl methyl sites for hydroxylation is 2. The highest BCUT2D eigenvalue weighted by Crippen LogP contribution is 2.32. The zero-order valence-electron chi connectivity index (χ0n) is 10.5. The summed E-state index contributed by atoms with van der Waals surface area (Å²) in [5.41, 5.74) is 9.32. The summed E-state index contributed by atoms with van der Waals surface area (Å²) in [6.07, 6.45) is 2.64. The fraction of sp³-hybridized carbons (Fsp3) is 0.500. The molecule has 0 saturated carbocycles. The Balaban J connectivity index is 2.06. The lowest BCUT2D eigenvalue weighted by atomic mass is 10.0. The highest BCUT2D eigenvalue weighted by atomic mass is 16.1. The van der Waals surface area contributed by atoms with Crippen molar-refractivity contribution in [2.75, 3.05) is 0 Å². The van der Waals surface area contributed by atoms with Gasteiger partial charge in [0.05, 0.1) is 0 Å². The molecule has 1 amide bonds. The van der Waals surface area contributed by atoms with Gasteiger partial charge in [-0.3, -0.25) is 4.79 Å². The van der Waals surface area contributed by atoms with Crippen LogP contribution in [0.2, 0.25) is 0 Å². The van der Waals surface area contributed by atoms with E-state index in [1.54, 1.807) is 0 Å². The van der Waals surface area contributed by atoms with Gasteiger partial charge in [-0.2, -0.15) is 0 Å². The fourth-order valence-electron chi connectivity index (χ4n) is 2.60. The van der Waals surface area contributed by atoms with Crippen LogP contribution in [0.4, 0.5) is 0 Å². The summed E-state index contributed by atoms with van der Waals surface area (Å²) in [6, 6.07) is 7.14. The lowest BCUT2D eigenvalue weighted by Crippen LogP contribution is -2.33. The van der Waals surface area contributed by atoms with Crippen LogP contribution in [-0.2, 0) is 11.2 Å². The van der Waals surface area contributed by atoms with Gasteiger partial charge in [-0.05, 0) is 37.8 Å². The summed E-state index contributed by atoms with van der Waals surface area (Å²) >= 11 is 0. The molecule has 3 nitrogen and oxygen atoms in total. The summed E-state index contributed by atoms with van der Waals surface area (Å²) in [7, 11) is 0. The van der Waals surface area contributed by atoms with E-state index in [4.69, 9.17) is 5.73 Å². The van der Waals surface area contributed by atoms with E-state index in [0.29, 0.717) is 12.5 Å². The Labute approximate surface area is 102 Å². The van der Waals surface area contributed by atoms with E-state index in [1.807, 2.05) is 6.92 Å². The maximum Gasteiger partial charge on any atom is 0.218 e. The molecule has 3 heteroatoms. The number of nitrogens with one attached hydrogen (secondary N) is 1. The van der Waals surface area contributed by atoms with Crippen LogP contribution in [-0.4, -0.2) is 11.9 Å². The highest BCUT2D eigenvalue weighted by molar-refractivity contribution is 5.74. The highest BCUT2D eigenvalue weighted by Gasteiger charge is 2.23. The van der Waals surface area contributed by atoms with Crippen LogP contribution in [0.15, 0.2) is 18.2 Å². The zero-order valence-corrected chi connectivity index (χ0v) is 10.5. The third-order valence-electron chi connectivity index (χ3n) is 3.37. The molecule has 1 aromatic rings.